The number of hydrogen-bond acceptors (Lipinski definition) is 3. The van der Waals surface area contributed by atoms with Crippen molar-refractivity contribution in [2.24, 2.45) is 0 Å². The topological polar surface area (TPSA) is 43.1 Å². The lowest BCUT2D eigenvalue weighted by Crippen LogP contribution is -2.81. The highest BCUT2D eigenvalue weighted by Crippen LogP contribution is 2.30. The fourth-order valence-electron chi connectivity index (χ4n) is 6.52. The summed E-state index contributed by atoms with van der Waals surface area (Å²) in [6.07, 6.45) is -2.22. The molecule has 0 atom stereocenters. The maximum absolute atomic E-state index is 15.4. The summed E-state index contributed by atoms with van der Waals surface area (Å²) in [7, 11) is 0. The van der Waals surface area contributed by atoms with Gasteiger partial charge in [-0.05, 0) is 6.92 Å². The van der Waals surface area contributed by atoms with E-state index >= 15 is 35.1 Å². The van der Waals surface area contributed by atoms with E-state index in [1.807, 2.05) is 37.3 Å². The second-order valence-corrected chi connectivity index (χ2v) is 12.6. The molecule has 6 aromatic rings. The van der Waals surface area contributed by atoms with Gasteiger partial charge in [-0.3, -0.25) is 4.79 Å². The molecule has 0 N–H and O–H groups in total. The molecule has 0 saturated heterocycles. The lowest BCUT2D eigenvalue weighted by Gasteiger charge is -2.44. The van der Waals surface area contributed by atoms with Gasteiger partial charge >= 0.3 is 5.88 Å². The molecule has 0 unspecified atom stereocenters. The summed E-state index contributed by atoms with van der Waals surface area (Å²) in [6.45, 7) is 2.70. The van der Waals surface area contributed by atoms with E-state index in [4.69, 9.17) is 4.74 Å². The summed E-state index contributed by atoms with van der Waals surface area (Å²) < 4.78 is 301. The van der Waals surface area contributed by atoms with E-state index in [9.17, 15) is 57.5 Å². The number of carbonyl (C=O) groups excluding carboxylic acids is 1. The number of ether oxygens (including phenoxy) is 1. The van der Waals surface area contributed by atoms with Gasteiger partial charge in [0.05, 0.1) is 12.8 Å². The molecule has 332 valence electrons. The number of rotatable bonds is 9. The Balaban J connectivity index is 0.000000345. The number of halogens is 20. The number of carbonyl (C=O) groups is 1. The third-order valence-electron chi connectivity index (χ3n) is 9.21. The number of Topliss-reactive ketones (excluding diaryl/α,β-unsaturated/α-hetero) is 1. The number of nitrogens with zero attached hydrogens (tertiary/aromatic N) is 2. The molecule has 6 rings (SSSR count). The summed E-state index contributed by atoms with van der Waals surface area (Å²) >= 11 is 0. The average molecular weight is 922 g/mol. The van der Waals surface area contributed by atoms with Gasteiger partial charge in [0.25, 0.3) is 0 Å². The highest BCUT2D eigenvalue weighted by molar-refractivity contribution is 7.20. The minimum atomic E-state index is -7.22. The van der Waals surface area contributed by atoms with Crippen LogP contribution in [0.25, 0.3) is 0 Å². The van der Waals surface area contributed by atoms with Crippen LogP contribution in [-0.2, 0) is 6.54 Å². The van der Waals surface area contributed by atoms with Gasteiger partial charge < -0.3 is 4.74 Å². The van der Waals surface area contributed by atoms with E-state index in [0.717, 1.165) is 0 Å². The fourth-order valence-corrected chi connectivity index (χ4v) is 6.52. The quantitative estimate of drug-likeness (QED) is 0.0378. The smallest absolute Gasteiger partial charge is 0.387 e. The van der Waals surface area contributed by atoms with Gasteiger partial charge in [-0.15, -0.1) is 21.9 Å². The minimum absolute atomic E-state index is 0.0488. The predicted molar refractivity (Wildman–Crippen MR) is 176 cm³/mol. The van der Waals surface area contributed by atoms with Gasteiger partial charge in [0.15, 0.2) is 76.0 Å². The second kappa shape index (κ2) is 18.0. The molecule has 4 nitrogen and oxygen atoms in total. The van der Waals surface area contributed by atoms with Crippen LogP contribution in [0.3, 0.4) is 0 Å². The van der Waals surface area contributed by atoms with Crippen molar-refractivity contribution < 1.29 is 102 Å². The highest BCUT2D eigenvalue weighted by atomic mass is 19.2. The predicted octanol–water partition coefficient (Wildman–Crippen LogP) is 7.50. The van der Waals surface area contributed by atoms with Crippen molar-refractivity contribution in [1.29, 1.82) is 0 Å². The number of aromatic nitrogens is 2. The zero-order valence-electron chi connectivity index (χ0n) is 30.4. The van der Waals surface area contributed by atoms with Crippen molar-refractivity contribution in [2.45, 2.75) is 13.5 Å². The van der Waals surface area contributed by atoms with Gasteiger partial charge in [0.1, 0.15) is 58.9 Å². The van der Waals surface area contributed by atoms with E-state index in [1.165, 1.54) is 0 Å². The summed E-state index contributed by atoms with van der Waals surface area (Å²) in [5, 5.41) is 0. The molecule has 0 radical (unpaired) electrons. The van der Waals surface area contributed by atoms with Crippen molar-refractivity contribution in [2.75, 3.05) is 6.61 Å². The van der Waals surface area contributed by atoms with Crippen molar-refractivity contribution in [3.05, 3.63) is 171 Å². The molecule has 0 aliphatic heterocycles. The van der Waals surface area contributed by atoms with Gasteiger partial charge in [0, 0.05) is 5.56 Å². The van der Waals surface area contributed by atoms with Crippen LogP contribution in [0.1, 0.15) is 17.3 Å². The normalized spacial score (nSPS) is 11.4. The average Bonchev–Trinajstić information content (AvgIpc) is 3.27. The number of ketones is 1. The SMILES string of the molecule is CCOc1cncc[n+]1CC(=O)c1ccccc1.Fc1c(F)c(F)c([B-](c2c(F)c(F)c(F)c(F)c2F)(c2c(F)c(F)c(F)c(F)c2F)c2c(F)c(F)c(F)c(F)c2F)c(F)c1F. The van der Waals surface area contributed by atoms with Crippen LogP contribution in [0, 0.1) is 116 Å². The van der Waals surface area contributed by atoms with E-state index < -0.39 is 144 Å². The Labute approximate surface area is 337 Å². The Morgan fingerprint density at radius 2 is 0.762 bits per heavy atom. The van der Waals surface area contributed by atoms with E-state index in [1.54, 1.807) is 23.2 Å². The van der Waals surface area contributed by atoms with Gasteiger partial charge in [-0.25, -0.2) is 92.8 Å². The molecule has 0 spiro atoms. The van der Waals surface area contributed by atoms with Gasteiger partial charge in [-0.2, -0.15) is 4.57 Å². The molecular formula is C38H15BF20N2O2. The first-order valence-corrected chi connectivity index (χ1v) is 16.8. The molecule has 63 heavy (non-hydrogen) atoms. The Hall–Kier alpha value is -6.69. The van der Waals surface area contributed by atoms with Crippen LogP contribution in [-0.4, -0.2) is 23.5 Å². The Morgan fingerprint density at radius 3 is 1.05 bits per heavy atom. The monoisotopic (exact) mass is 922 g/mol. The largest absolute Gasteiger partial charge is 0.444 e. The number of benzene rings is 5. The molecule has 0 fully saturated rings. The van der Waals surface area contributed by atoms with Crippen molar-refractivity contribution in [3.8, 4) is 5.88 Å². The first-order valence-electron chi connectivity index (χ1n) is 16.8. The van der Waals surface area contributed by atoms with Crippen LogP contribution < -0.4 is 31.2 Å². The molecule has 0 amide bonds. The summed E-state index contributed by atoms with van der Waals surface area (Å²) in [6, 6.07) is 9.22. The van der Waals surface area contributed by atoms with Crippen LogP contribution in [0.4, 0.5) is 87.8 Å². The first kappa shape index (κ1) is 47.4. The first-order chi connectivity index (χ1) is 29.5. The third-order valence-corrected chi connectivity index (χ3v) is 9.21. The molecule has 0 aliphatic rings. The maximum atomic E-state index is 15.4. The molecule has 1 aromatic heterocycles. The van der Waals surface area contributed by atoms with Crippen LogP contribution >= 0.6 is 0 Å². The molecular weight excluding hydrogens is 907 g/mol. The zero-order valence-corrected chi connectivity index (χ0v) is 30.4. The van der Waals surface area contributed by atoms with Crippen LogP contribution in [0.5, 0.6) is 5.88 Å². The summed E-state index contributed by atoms with van der Waals surface area (Å²) in [5.74, 6) is -70.8. The maximum Gasteiger partial charge on any atom is 0.387 e. The number of hydrogen-bond donors (Lipinski definition) is 0. The zero-order chi connectivity index (χ0) is 47.2. The van der Waals surface area contributed by atoms with Crippen molar-refractivity contribution in [3.63, 3.8) is 0 Å². The van der Waals surface area contributed by atoms with Gasteiger partial charge in [0.2, 0.25) is 12.3 Å². The summed E-state index contributed by atoms with van der Waals surface area (Å²) in [4.78, 5) is 16.1. The molecule has 0 saturated carbocycles. The van der Waals surface area contributed by atoms with Crippen molar-refractivity contribution in [1.82, 2.24) is 4.98 Å². The third kappa shape index (κ3) is 7.66. The standard InChI is InChI=1S/C24BF20.C14H15N2O2/c26-5-1(6(27)14(35)21(42)13(5)34)25(2-7(28)15(36)22(43)16(37)8(2)29,3-9(30)17(38)23(44)18(39)10(3)31)4-11(32)19(40)24(45)20(41)12(4)33;1-2-18-14-10-15-8-9-16(14)11-13(17)12-6-4-3-5-7-12/h;3-10H,2,11H2,1H3/q-1;+1. The Kier molecular flexibility index (Phi) is 13.5. The van der Waals surface area contributed by atoms with Gasteiger partial charge in [-0.1, -0.05) is 30.3 Å². The molecule has 25 heteroatoms. The van der Waals surface area contributed by atoms with E-state index in [0.29, 0.717) is 18.1 Å². The Bertz CT molecular complexity index is 2430. The fraction of sp³-hybridized carbons (Fsp3) is 0.0789. The second-order valence-electron chi connectivity index (χ2n) is 12.6. The van der Waals surface area contributed by atoms with Crippen LogP contribution in [0.2, 0.25) is 0 Å². The van der Waals surface area contributed by atoms with E-state index in [2.05, 4.69) is 4.98 Å². The van der Waals surface area contributed by atoms with Crippen molar-refractivity contribution >= 4 is 33.8 Å². The Morgan fingerprint density at radius 1 is 0.476 bits per heavy atom. The lowest BCUT2D eigenvalue weighted by atomic mass is 9.12. The molecule has 0 aliphatic carbocycles. The summed E-state index contributed by atoms with van der Waals surface area (Å²) in [5.41, 5.74) is -13.6. The lowest BCUT2D eigenvalue weighted by molar-refractivity contribution is -0.689. The minimum Gasteiger partial charge on any atom is -0.444 e. The van der Waals surface area contributed by atoms with E-state index in [-0.39, 0.29) is 12.3 Å². The van der Waals surface area contributed by atoms with Crippen LogP contribution in [0.15, 0.2) is 48.9 Å². The highest BCUT2D eigenvalue weighted by Gasteiger charge is 2.52. The molecule has 0 bridgehead atoms. The molecule has 5 aromatic carbocycles. The molecule has 1 heterocycles.